The molecule has 2 aliphatic heterocycles. The van der Waals surface area contributed by atoms with Crippen molar-refractivity contribution < 1.29 is 4.74 Å². The average Bonchev–Trinajstić information content (AvgIpc) is 2.51. The zero-order valence-corrected chi connectivity index (χ0v) is 7.45. The average molecular weight is 174 g/mol. The van der Waals surface area contributed by atoms with Gasteiger partial charge < -0.3 is 4.74 Å². The Kier molecular flexibility index (Phi) is 1.26. The van der Waals surface area contributed by atoms with Crippen molar-refractivity contribution in [1.29, 1.82) is 0 Å². The van der Waals surface area contributed by atoms with Gasteiger partial charge in [0.25, 0.3) is 0 Å². The normalized spacial score (nSPS) is 23.5. The second-order valence-electron chi connectivity index (χ2n) is 3.56. The molecule has 0 spiro atoms. The lowest BCUT2D eigenvalue weighted by atomic mass is 10.0. The molecule has 3 nitrogen and oxygen atoms in total. The summed E-state index contributed by atoms with van der Waals surface area (Å²) in [5.41, 5.74) is 3.37. The van der Waals surface area contributed by atoms with E-state index in [0.717, 1.165) is 29.8 Å². The van der Waals surface area contributed by atoms with Crippen molar-refractivity contribution >= 4 is 5.71 Å². The Bertz CT molecular complexity index is 398. The summed E-state index contributed by atoms with van der Waals surface area (Å²) in [6.45, 7) is 2.83. The number of ether oxygens (including phenoxy) is 1. The summed E-state index contributed by atoms with van der Waals surface area (Å²) in [6, 6.07) is 0. The Labute approximate surface area is 76.5 Å². The molecule has 1 aromatic heterocycles. The minimum atomic E-state index is 0.281. The van der Waals surface area contributed by atoms with Crippen molar-refractivity contribution in [2.45, 2.75) is 19.4 Å². The number of hydrogen-bond acceptors (Lipinski definition) is 3. The molecule has 0 fully saturated rings. The van der Waals surface area contributed by atoms with Crippen molar-refractivity contribution in [3.63, 3.8) is 0 Å². The molecule has 2 bridgehead atoms. The maximum Gasteiger partial charge on any atom is 0.134 e. The smallest absolute Gasteiger partial charge is 0.134 e. The summed E-state index contributed by atoms with van der Waals surface area (Å²) in [6.07, 6.45) is 4.92. The molecule has 0 amide bonds. The molecule has 0 N–H and O–H groups in total. The van der Waals surface area contributed by atoms with Crippen LogP contribution in [0.25, 0.3) is 0 Å². The van der Waals surface area contributed by atoms with Crippen LogP contribution in [0.3, 0.4) is 0 Å². The number of fused-ring (bicyclic) bond motifs is 4. The van der Waals surface area contributed by atoms with Crippen LogP contribution < -0.4 is 4.74 Å². The number of rotatable bonds is 0. The molecule has 0 unspecified atom stereocenters. The van der Waals surface area contributed by atoms with Crippen LogP contribution in [-0.4, -0.2) is 23.3 Å². The van der Waals surface area contributed by atoms with E-state index in [0.29, 0.717) is 0 Å². The molecule has 2 aliphatic rings. The Balaban J connectivity index is 2.24. The van der Waals surface area contributed by atoms with Crippen molar-refractivity contribution in [2.24, 2.45) is 4.99 Å². The third-order valence-corrected chi connectivity index (χ3v) is 2.58. The molecule has 3 heterocycles. The van der Waals surface area contributed by atoms with E-state index in [1.807, 2.05) is 19.3 Å². The summed E-state index contributed by atoms with van der Waals surface area (Å²) < 4.78 is 5.80. The van der Waals surface area contributed by atoms with Crippen LogP contribution in [0.15, 0.2) is 17.4 Å². The van der Waals surface area contributed by atoms with Gasteiger partial charge in [-0.05, 0) is 6.92 Å². The summed E-state index contributed by atoms with van der Waals surface area (Å²) in [4.78, 5) is 8.59. The zero-order chi connectivity index (χ0) is 8.84. The minimum Gasteiger partial charge on any atom is -0.487 e. The van der Waals surface area contributed by atoms with Crippen LogP contribution in [0.1, 0.15) is 17.5 Å². The summed E-state index contributed by atoms with van der Waals surface area (Å²) in [7, 11) is 0. The van der Waals surface area contributed by atoms with Crippen molar-refractivity contribution in [1.82, 2.24) is 4.98 Å². The van der Waals surface area contributed by atoms with Gasteiger partial charge in [-0.25, -0.2) is 0 Å². The first-order chi connectivity index (χ1) is 6.34. The predicted molar refractivity (Wildman–Crippen MR) is 49.4 cm³/mol. The maximum absolute atomic E-state index is 5.80. The summed E-state index contributed by atoms with van der Waals surface area (Å²) in [5.74, 6) is 0.988. The molecule has 0 aromatic carbocycles. The lowest BCUT2D eigenvalue weighted by Crippen LogP contribution is -2.23. The fourth-order valence-electron chi connectivity index (χ4n) is 1.91. The molecule has 0 saturated heterocycles. The summed E-state index contributed by atoms with van der Waals surface area (Å²) >= 11 is 0. The van der Waals surface area contributed by atoms with E-state index in [2.05, 4.69) is 9.98 Å². The fourth-order valence-corrected chi connectivity index (χ4v) is 1.91. The van der Waals surface area contributed by atoms with Gasteiger partial charge in [0.2, 0.25) is 0 Å². The molecule has 1 atom stereocenters. The monoisotopic (exact) mass is 174 g/mol. The van der Waals surface area contributed by atoms with Gasteiger partial charge in [-0.1, -0.05) is 0 Å². The van der Waals surface area contributed by atoms with E-state index in [-0.39, 0.29) is 6.10 Å². The second kappa shape index (κ2) is 2.31. The third-order valence-electron chi connectivity index (χ3n) is 2.58. The number of aromatic nitrogens is 1. The highest BCUT2D eigenvalue weighted by atomic mass is 16.5. The van der Waals surface area contributed by atoms with Crippen molar-refractivity contribution in [3.05, 3.63) is 23.5 Å². The van der Waals surface area contributed by atoms with Gasteiger partial charge >= 0.3 is 0 Å². The lowest BCUT2D eigenvalue weighted by molar-refractivity contribution is 0.220. The largest absolute Gasteiger partial charge is 0.487 e. The molecular formula is C10H10N2O. The quantitative estimate of drug-likeness (QED) is 0.595. The molecule has 3 heteroatoms. The molecule has 13 heavy (non-hydrogen) atoms. The Morgan fingerprint density at radius 2 is 2.38 bits per heavy atom. The van der Waals surface area contributed by atoms with E-state index in [1.165, 1.54) is 5.71 Å². The highest BCUT2D eigenvalue weighted by molar-refractivity contribution is 6.05. The number of aryl methyl sites for hydroxylation is 1. The fraction of sp³-hybridized carbons (Fsp3) is 0.400. The van der Waals surface area contributed by atoms with E-state index in [9.17, 15) is 0 Å². The number of hydrogen-bond donors (Lipinski definition) is 0. The first-order valence-corrected chi connectivity index (χ1v) is 4.49. The highest BCUT2D eigenvalue weighted by Crippen LogP contribution is 2.33. The van der Waals surface area contributed by atoms with E-state index in [1.54, 1.807) is 0 Å². The van der Waals surface area contributed by atoms with Crippen molar-refractivity contribution in [3.8, 4) is 5.75 Å². The van der Waals surface area contributed by atoms with Gasteiger partial charge in [0.05, 0.1) is 17.8 Å². The number of pyridine rings is 1. The molecule has 0 saturated carbocycles. The third kappa shape index (κ3) is 0.899. The Hall–Kier alpha value is -1.38. The topological polar surface area (TPSA) is 34.5 Å². The molecule has 3 rings (SSSR count). The molecule has 0 radical (unpaired) electrons. The van der Waals surface area contributed by atoms with Crippen molar-refractivity contribution in [2.75, 3.05) is 6.54 Å². The van der Waals surface area contributed by atoms with E-state index in [4.69, 9.17) is 4.74 Å². The molecular weight excluding hydrogens is 164 g/mol. The maximum atomic E-state index is 5.80. The van der Waals surface area contributed by atoms with Gasteiger partial charge in [0, 0.05) is 24.4 Å². The van der Waals surface area contributed by atoms with Gasteiger partial charge in [0.1, 0.15) is 11.9 Å². The van der Waals surface area contributed by atoms with Crippen LogP contribution >= 0.6 is 0 Å². The second-order valence-corrected chi connectivity index (χ2v) is 3.56. The Morgan fingerprint density at radius 3 is 3.31 bits per heavy atom. The first kappa shape index (κ1) is 7.06. The van der Waals surface area contributed by atoms with Gasteiger partial charge in [0.15, 0.2) is 0 Å². The van der Waals surface area contributed by atoms with Crippen LogP contribution in [-0.2, 0) is 0 Å². The van der Waals surface area contributed by atoms with Gasteiger partial charge in [-0.3, -0.25) is 9.98 Å². The van der Waals surface area contributed by atoms with Gasteiger partial charge in [-0.2, -0.15) is 0 Å². The predicted octanol–water partition coefficient (Wildman–Crippen LogP) is 1.34. The minimum absolute atomic E-state index is 0.281. The Morgan fingerprint density at radius 1 is 1.46 bits per heavy atom. The van der Waals surface area contributed by atoms with Crippen LogP contribution in [0.4, 0.5) is 0 Å². The van der Waals surface area contributed by atoms with Crippen LogP contribution in [0, 0.1) is 6.92 Å². The number of aliphatic imine (C=N–C) groups is 1. The molecule has 66 valence electrons. The number of nitrogens with zero attached hydrogens (tertiary/aromatic N) is 2. The summed E-state index contributed by atoms with van der Waals surface area (Å²) in [5, 5.41) is 0. The van der Waals surface area contributed by atoms with Crippen LogP contribution in [0.2, 0.25) is 0 Å². The van der Waals surface area contributed by atoms with Gasteiger partial charge in [-0.15, -0.1) is 0 Å². The van der Waals surface area contributed by atoms with E-state index < -0.39 is 0 Å². The standard InChI is InChI=1S/C10H10N2O/c1-6-3-11-5-8-9-2-7(4-12-9)13-10(6)8/h3,5,7H,2,4H2,1H3/t7-/m0/s1. The van der Waals surface area contributed by atoms with Crippen LogP contribution in [0.5, 0.6) is 5.75 Å². The molecule has 1 aromatic rings. The van der Waals surface area contributed by atoms with E-state index >= 15 is 0 Å². The first-order valence-electron chi connectivity index (χ1n) is 4.49. The SMILES string of the molecule is Cc1cncc2c1O[C@@H]1CN=C2C1. The zero-order valence-electron chi connectivity index (χ0n) is 7.45. The lowest BCUT2D eigenvalue weighted by Gasteiger charge is -2.21. The molecule has 0 aliphatic carbocycles. The highest BCUT2D eigenvalue weighted by Gasteiger charge is 2.30.